The largest absolute Gasteiger partial charge is 0.480 e. The van der Waals surface area contributed by atoms with Gasteiger partial charge in [0.05, 0.1) is 38.3 Å². The summed E-state index contributed by atoms with van der Waals surface area (Å²) in [6.07, 6.45) is 7.80. The fourth-order valence-electron chi connectivity index (χ4n) is 4.93. The Balaban J connectivity index is 2.13. The minimum atomic E-state index is -1.02. The van der Waals surface area contributed by atoms with E-state index in [0.29, 0.717) is 70.2 Å². The van der Waals surface area contributed by atoms with E-state index in [-0.39, 0.29) is 26.2 Å². The van der Waals surface area contributed by atoms with Crippen molar-refractivity contribution >= 4 is 23.9 Å². The second-order valence-corrected chi connectivity index (χ2v) is 10.9. The normalized spacial score (nSPS) is 16.7. The summed E-state index contributed by atoms with van der Waals surface area (Å²) in [6.45, 7) is 4.71. The number of nitrogens with zero attached hydrogens (tertiary/aromatic N) is 5. The van der Waals surface area contributed by atoms with Gasteiger partial charge in [0, 0.05) is 69.2 Å². The third-order valence-electron chi connectivity index (χ3n) is 7.37. The number of unbranched alkanes of at least 4 members (excludes halogenated alkanes) is 5. The van der Waals surface area contributed by atoms with Crippen LogP contribution in [0.4, 0.5) is 0 Å². The van der Waals surface area contributed by atoms with Crippen molar-refractivity contribution in [3.63, 3.8) is 0 Å². The van der Waals surface area contributed by atoms with Crippen LogP contribution in [0.3, 0.4) is 0 Å². The molecule has 0 atom stereocenters. The number of rotatable bonds is 16. The number of ether oxygens (including phenoxy) is 1. The second-order valence-electron chi connectivity index (χ2n) is 10.9. The maximum Gasteiger partial charge on any atom is 0.338 e. The molecule has 0 aliphatic carbocycles. The predicted molar refractivity (Wildman–Crippen MR) is 155 cm³/mol. The SMILES string of the molecule is CCCCCCCCOC(=O)c1cc[n+](O)c(CN2CCN(CC(=O)O)CCN(CC(=O)O)CCN(CC(=O)O)CC2)c1. The predicted octanol–water partition coefficient (Wildman–Crippen LogP) is 0.704. The Kier molecular flexibility index (Phi) is 16.5. The summed E-state index contributed by atoms with van der Waals surface area (Å²) in [5.41, 5.74) is 0.725. The number of hydrogen-bond donors (Lipinski definition) is 4. The molecule has 43 heavy (non-hydrogen) atoms. The molecular weight excluding hydrogens is 562 g/mol. The van der Waals surface area contributed by atoms with E-state index >= 15 is 0 Å². The highest BCUT2D eigenvalue weighted by Gasteiger charge is 2.23. The van der Waals surface area contributed by atoms with Gasteiger partial charge in [-0.2, -0.15) is 0 Å². The van der Waals surface area contributed by atoms with Gasteiger partial charge in [-0.25, -0.2) is 4.79 Å². The minimum Gasteiger partial charge on any atom is -0.480 e. The maximum atomic E-state index is 12.7. The van der Waals surface area contributed by atoms with Crippen LogP contribution in [-0.4, -0.2) is 143 Å². The molecule has 0 amide bonds. The highest BCUT2D eigenvalue weighted by atomic mass is 16.5. The van der Waals surface area contributed by atoms with Crippen molar-refractivity contribution in [3.05, 3.63) is 29.6 Å². The average Bonchev–Trinajstić information content (AvgIpc) is 2.94. The van der Waals surface area contributed by atoms with Gasteiger partial charge in [0.25, 0.3) is 0 Å². The molecule has 1 aromatic heterocycles. The lowest BCUT2D eigenvalue weighted by Crippen LogP contribution is -2.49. The molecule has 0 radical (unpaired) electrons. The molecule has 0 aromatic carbocycles. The van der Waals surface area contributed by atoms with E-state index in [1.165, 1.54) is 31.5 Å². The number of aromatic nitrogens is 1. The van der Waals surface area contributed by atoms with Crippen LogP contribution in [0.5, 0.6) is 0 Å². The van der Waals surface area contributed by atoms with Crippen molar-refractivity contribution in [1.29, 1.82) is 0 Å². The number of carbonyl (C=O) groups is 4. The third-order valence-corrected chi connectivity index (χ3v) is 7.37. The quantitative estimate of drug-likeness (QED) is 0.0892. The summed E-state index contributed by atoms with van der Waals surface area (Å²) in [5, 5.41) is 38.7. The Hall–Kier alpha value is -3.33. The first-order chi connectivity index (χ1) is 20.6. The number of hydrogen-bond acceptors (Lipinski definition) is 10. The molecule has 1 aromatic rings. The van der Waals surface area contributed by atoms with Crippen molar-refractivity contribution in [2.75, 3.05) is 78.6 Å². The van der Waals surface area contributed by atoms with E-state index in [4.69, 9.17) is 4.74 Å². The van der Waals surface area contributed by atoms with Crippen LogP contribution < -0.4 is 4.73 Å². The summed E-state index contributed by atoms with van der Waals surface area (Å²) in [7, 11) is 0. The second kappa shape index (κ2) is 19.8. The smallest absolute Gasteiger partial charge is 0.338 e. The zero-order chi connectivity index (χ0) is 31.6. The minimum absolute atomic E-state index is 0.210. The van der Waals surface area contributed by atoms with E-state index in [1.54, 1.807) is 20.8 Å². The van der Waals surface area contributed by atoms with Gasteiger partial charge < -0.3 is 20.1 Å². The van der Waals surface area contributed by atoms with Gasteiger partial charge in [0.1, 0.15) is 0 Å². The van der Waals surface area contributed by atoms with Crippen molar-refractivity contribution in [3.8, 4) is 0 Å². The van der Waals surface area contributed by atoms with Crippen LogP contribution in [0, 0.1) is 0 Å². The van der Waals surface area contributed by atoms with E-state index in [1.807, 2.05) is 4.90 Å². The van der Waals surface area contributed by atoms with Crippen molar-refractivity contribution in [2.45, 2.75) is 52.0 Å². The van der Waals surface area contributed by atoms with Gasteiger partial charge in [0.15, 0.2) is 0 Å². The molecule has 0 spiro atoms. The third kappa shape index (κ3) is 15.1. The molecule has 2 heterocycles. The Bertz CT molecular complexity index is 1010. The zero-order valence-electron chi connectivity index (χ0n) is 25.2. The molecule has 1 fully saturated rings. The molecule has 1 aliphatic heterocycles. The number of aliphatic carboxylic acids is 3. The zero-order valence-corrected chi connectivity index (χ0v) is 25.2. The molecule has 0 unspecified atom stereocenters. The van der Waals surface area contributed by atoms with Gasteiger partial charge in [-0.15, -0.1) is 0 Å². The molecule has 242 valence electrons. The summed E-state index contributed by atoms with van der Waals surface area (Å²) in [5.74, 6) is -3.50. The molecule has 0 bridgehead atoms. The maximum absolute atomic E-state index is 12.7. The summed E-state index contributed by atoms with van der Waals surface area (Å²) in [4.78, 5) is 54.2. The van der Waals surface area contributed by atoms with Crippen molar-refractivity contribution < 1.29 is 49.2 Å². The summed E-state index contributed by atoms with van der Waals surface area (Å²) in [6, 6.07) is 3.04. The van der Waals surface area contributed by atoms with Gasteiger partial charge in [-0.05, 0) is 6.42 Å². The van der Waals surface area contributed by atoms with Crippen LogP contribution in [0.15, 0.2) is 18.3 Å². The number of carboxylic acid groups (broad SMARTS) is 3. The Morgan fingerprint density at radius 2 is 1.16 bits per heavy atom. The highest BCUT2D eigenvalue weighted by Crippen LogP contribution is 2.10. The standard InChI is InChI=1S/C29H47N5O9/c1-2-3-4-5-6-7-18-43-29(41)24-8-9-34(42)25(19-24)20-30-10-12-31(21-26(35)36)14-16-33(23-28(39)40)17-15-32(13-11-30)22-27(37)38/h8-9,19H,2-7,10-18,20-23H2,1H3,(H3-,35,36,37,38,39,40,41,42)/p+1. The molecule has 0 saturated carbocycles. The molecule has 4 N–H and O–H groups in total. The Morgan fingerprint density at radius 1 is 0.721 bits per heavy atom. The summed E-state index contributed by atoms with van der Waals surface area (Å²) < 4.78 is 6.36. The first-order valence-corrected chi connectivity index (χ1v) is 15.0. The molecule has 1 saturated heterocycles. The van der Waals surface area contributed by atoms with E-state index in [2.05, 4.69) is 6.92 Å². The van der Waals surface area contributed by atoms with Crippen LogP contribution in [-0.2, 0) is 25.7 Å². The first-order valence-electron chi connectivity index (χ1n) is 15.0. The van der Waals surface area contributed by atoms with Crippen LogP contribution >= 0.6 is 0 Å². The lowest BCUT2D eigenvalue weighted by Gasteiger charge is -2.32. The van der Waals surface area contributed by atoms with Gasteiger partial charge in [-0.1, -0.05) is 39.0 Å². The molecule has 14 heteroatoms. The van der Waals surface area contributed by atoms with Crippen LogP contribution in [0.2, 0.25) is 0 Å². The van der Waals surface area contributed by atoms with E-state index in [9.17, 15) is 39.7 Å². The van der Waals surface area contributed by atoms with E-state index in [0.717, 1.165) is 24.0 Å². The van der Waals surface area contributed by atoms with Crippen molar-refractivity contribution in [2.24, 2.45) is 0 Å². The fraction of sp³-hybridized carbons (Fsp3) is 0.690. The van der Waals surface area contributed by atoms with Gasteiger partial charge >= 0.3 is 23.9 Å². The fourth-order valence-corrected chi connectivity index (χ4v) is 4.93. The first kappa shape index (κ1) is 35.9. The Morgan fingerprint density at radius 3 is 1.63 bits per heavy atom. The Labute approximate surface area is 253 Å². The van der Waals surface area contributed by atoms with Crippen LogP contribution in [0.1, 0.15) is 61.5 Å². The van der Waals surface area contributed by atoms with E-state index < -0.39 is 23.9 Å². The number of carbonyl (C=O) groups excluding carboxylic acids is 1. The molecule has 2 rings (SSSR count). The molecule has 1 aliphatic rings. The monoisotopic (exact) mass is 610 g/mol. The van der Waals surface area contributed by atoms with Gasteiger partial charge in [0.2, 0.25) is 11.9 Å². The molecular formula is C29H48N5O9+. The topological polar surface area (TPSA) is 175 Å². The number of esters is 1. The highest BCUT2D eigenvalue weighted by molar-refractivity contribution is 5.89. The summed E-state index contributed by atoms with van der Waals surface area (Å²) >= 11 is 0. The lowest BCUT2D eigenvalue weighted by molar-refractivity contribution is -0.910. The average molecular weight is 611 g/mol. The van der Waals surface area contributed by atoms with Crippen LogP contribution in [0.25, 0.3) is 0 Å². The van der Waals surface area contributed by atoms with Gasteiger partial charge in [-0.3, -0.25) is 39.2 Å². The number of pyridine rings is 1. The lowest BCUT2D eigenvalue weighted by atomic mass is 10.1. The van der Waals surface area contributed by atoms with Crippen molar-refractivity contribution in [1.82, 2.24) is 19.6 Å². The number of carboxylic acids is 3. The molecule has 14 nitrogen and oxygen atoms in total.